The molecule has 2 aromatic heterocycles. The first-order valence-electron chi connectivity index (χ1n) is 8.27. The Labute approximate surface area is 150 Å². The third-order valence-electron chi connectivity index (χ3n) is 4.05. The molecule has 0 aliphatic heterocycles. The standard InChI is InChI=1S/C21H17NO4/c23-21(26-14-17-7-4-10-24-17)19-12-22-20-11-16(8-9-18(19)20)25-13-15-5-2-1-3-6-15/h1-12,22H,13-14H2. The van der Waals surface area contributed by atoms with Crippen LogP contribution in [0.15, 0.2) is 77.5 Å². The Bertz CT molecular complexity index is 1000. The van der Waals surface area contributed by atoms with Crippen molar-refractivity contribution in [1.82, 2.24) is 4.98 Å². The first-order chi connectivity index (χ1) is 12.8. The number of fused-ring (bicyclic) bond motifs is 1. The summed E-state index contributed by atoms with van der Waals surface area (Å²) in [5.74, 6) is 0.944. The van der Waals surface area contributed by atoms with E-state index in [1.807, 2.05) is 48.5 Å². The van der Waals surface area contributed by atoms with Crippen molar-refractivity contribution in [3.63, 3.8) is 0 Å². The molecule has 4 rings (SSSR count). The second-order valence-electron chi connectivity index (χ2n) is 5.84. The molecular weight excluding hydrogens is 330 g/mol. The maximum atomic E-state index is 12.3. The van der Waals surface area contributed by atoms with Crippen molar-refractivity contribution in [3.8, 4) is 5.75 Å². The van der Waals surface area contributed by atoms with Gasteiger partial charge in [-0.25, -0.2) is 4.79 Å². The lowest BCUT2D eigenvalue weighted by Crippen LogP contribution is -2.04. The lowest BCUT2D eigenvalue weighted by molar-refractivity contribution is 0.0448. The minimum absolute atomic E-state index is 0.108. The van der Waals surface area contributed by atoms with E-state index in [-0.39, 0.29) is 6.61 Å². The smallest absolute Gasteiger partial charge is 0.340 e. The third kappa shape index (κ3) is 3.47. The minimum Gasteiger partial charge on any atom is -0.489 e. The highest BCUT2D eigenvalue weighted by molar-refractivity contribution is 6.04. The molecule has 0 unspecified atom stereocenters. The summed E-state index contributed by atoms with van der Waals surface area (Å²) < 4.78 is 16.3. The Morgan fingerprint density at radius 2 is 1.88 bits per heavy atom. The maximum absolute atomic E-state index is 12.3. The highest BCUT2D eigenvalue weighted by Crippen LogP contribution is 2.25. The van der Waals surface area contributed by atoms with E-state index in [4.69, 9.17) is 13.9 Å². The monoisotopic (exact) mass is 347 g/mol. The summed E-state index contributed by atoms with van der Waals surface area (Å²) in [4.78, 5) is 15.4. The van der Waals surface area contributed by atoms with Crippen LogP contribution in [-0.4, -0.2) is 11.0 Å². The fourth-order valence-corrected chi connectivity index (χ4v) is 2.71. The van der Waals surface area contributed by atoms with Crippen molar-refractivity contribution < 1.29 is 18.7 Å². The number of aromatic amines is 1. The normalized spacial score (nSPS) is 10.8. The van der Waals surface area contributed by atoms with Crippen LogP contribution < -0.4 is 4.74 Å². The van der Waals surface area contributed by atoms with Crippen molar-refractivity contribution in [2.45, 2.75) is 13.2 Å². The highest BCUT2D eigenvalue weighted by atomic mass is 16.5. The predicted molar refractivity (Wildman–Crippen MR) is 96.9 cm³/mol. The molecule has 0 saturated carbocycles. The lowest BCUT2D eigenvalue weighted by atomic mass is 10.1. The number of rotatable bonds is 6. The van der Waals surface area contributed by atoms with Crippen LogP contribution in [-0.2, 0) is 18.0 Å². The Kier molecular flexibility index (Phi) is 4.43. The fraction of sp³-hybridized carbons (Fsp3) is 0.0952. The average molecular weight is 347 g/mol. The Hall–Kier alpha value is -3.47. The van der Waals surface area contributed by atoms with Crippen molar-refractivity contribution in [3.05, 3.63) is 90.0 Å². The number of H-pyrrole nitrogens is 1. The van der Waals surface area contributed by atoms with Crippen LogP contribution in [0.4, 0.5) is 0 Å². The van der Waals surface area contributed by atoms with E-state index in [1.165, 1.54) is 0 Å². The van der Waals surface area contributed by atoms with Gasteiger partial charge in [-0.2, -0.15) is 0 Å². The molecular formula is C21H17NO4. The van der Waals surface area contributed by atoms with Gasteiger partial charge in [-0.3, -0.25) is 0 Å². The van der Waals surface area contributed by atoms with Gasteiger partial charge in [-0.15, -0.1) is 0 Å². The van der Waals surface area contributed by atoms with Gasteiger partial charge in [0.2, 0.25) is 0 Å². The van der Waals surface area contributed by atoms with Crippen LogP contribution >= 0.6 is 0 Å². The molecule has 0 spiro atoms. The zero-order chi connectivity index (χ0) is 17.8. The molecule has 0 aliphatic carbocycles. The number of hydrogen-bond acceptors (Lipinski definition) is 4. The SMILES string of the molecule is O=C(OCc1ccco1)c1c[nH]c2cc(OCc3ccccc3)ccc12. The van der Waals surface area contributed by atoms with E-state index in [0.717, 1.165) is 22.2 Å². The number of furan rings is 1. The summed E-state index contributed by atoms with van der Waals surface area (Å²) >= 11 is 0. The summed E-state index contributed by atoms with van der Waals surface area (Å²) in [6.45, 7) is 0.599. The number of nitrogens with one attached hydrogen (secondary N) is 1. The molecule has 5 heteroatoms. The topological polar surface area (TPSA) is 64.5 Å². The van der Waals surface area contributed by atoms with Gasteiger partial charge in [0.1, 0.15) is 24.7 Å². The van der Waals surface area contributed by atoms with Crippen molar-refractivity contribution in [2.75, 3.05) is 0 Å². The number of carbonyl (C=O) groups excluding carboxylic acids is 1. The van der Waals surface area contributed by atoms with Crippen LogP contribution in [0.25, 0.3) is 10.9 Å². The van der Waals surface area contributed by atoms with E-state index in [2.05, 4.69) is 4.98 Å². The van der Waals surface area contributed by atoms with Gasteiger partial charge < -0.3 is 18.9 Å². The van der Waals surface area contributed by atoms with Gasteiger partial charge in [0.25, 0.3) is 0 Å². The molecule has 0 aliphatic rings. The molecule has 0 saturated heterocycles. The van der Waals surface area contributed by atoms with Crippen molar-refractivity contribution >= 4 is 16.9 Å². The first-order valence-corrected chi connectivity index (χ1v) is 8.27. The van der Waals surface area contributed by atoms with E-state index in [1.54, 1.807) is 24.6 Å². The fourth-order valence-electron chi connectivity index (χ4n) is 2.71. The number of esters is 1. The van der Waals surface area contributed by atoms with Gasteiger partial charge in [0.05, 0.1) is 11.8 Å². The molecule has 2 heterocycles. The molecule has 2 aromatic carbocycles. The first kappa shape index (κ1) is 16.0. The molecule has 4 aromatic rings. The van der Waals surface area contributed by atoms with E-state index >= 15 is 0 Å². The summed E-state index contributed by atoms with van der Waals surface area (Å²) in [5.41, 5.74) is 2.41. The maximum Gasteiger partial charge on any atom is 0.340 e. The van der Waals surface area contributed by atoms with Crippen molar-refractivity contribution in [2.24, 2.45) is 0 Å². The summed E-state index contributed by atoms with van der Waals surface area (Å²) in [5, 5.41) is 0.793. The number of benzene rings is 2. The quantitative estimate of drug-likeness (QED) is 0.514. The van der Waals surface area contributed by atoms with Gasteiger partial charge in [-0.05, 0) is 29.8 Å². The van der Waals surface area contributed by atoms with Crippen LogP contribution in [0, 0.1) is 0 Å². The molecule has 5 nitrogen and oxygen atoms in total. The Morgan fingerprint density at radius 1 is 1.00 bits per heavy atom. The van der Waals surface area contributed by atoms with E-state index in [0.29, 0.717) is 17.9 Å². The zero-order valence-corrected chi connectivity index (χ0v) is 14.0. The molecule has 0 amide bonds. The largest absolute Gasteiger partial charge is 0.489 e. The second kappa shape index (κ2) is 7.19. The highest BCUT2D eigenvalue weighted by Gasteiger charge is 2.14. The zero-order valence-electron chi connectivity index (χ0n) is 14.0. The van der Waals surface area contributed by atoms with Gasteiger partial charge in [-0.1, -0.05) is 30.3 Å². The molecule has 0 radical (unpaired) electrons. The molecule has 0 bridgehead atoms. The number of hydrogen-bond donors (Lipinski definition) is 1. The number of ether oxygens (including phenoxy) is 2. The van der Waals surface area contributed by atoms with E-state index in [9.17, 15) is 4.79 Å². The minimum atomic E-state index is -0.398. The molecule has 130 valence electrons. The second-order valence-corrected chi connectivity index (χ2v) is 5.84. The molecule has 1 N–H and O–H groups in total. The third-order valence-corrected chi connectivity index (χ3v) is 4.05. The molecule has 26 heavy (non-hydrogen) atoms. The summed E-state index contributed by atoms with van der Waals surface area (Å²) in [6.07, 6.45) is 3.20. The predicted octanol–water partition coefficient (Wildman–Crippen LogP) is 4.70. The van der Waals surface area contributed by atoms with Crippen LogP contribution in [0.1, 0.15) is 21.7 Å². The van der Waals surface area contributed by atoms with Crippen LogP contribution in [0.5, 0.6) is 5.75 Å². The van der Waals surface area contributed by atoms with Gasteiger partial charge in [0, 0.05) is 23.2 Å². The van der Waals surface area contributed by atoms with Crippen LogP contribution in [0.2, 0.25) is 0 Å². The van der Waals surface area contributed by atoms with Crippen LogP contribution in [0.3, 0.4) is 0 Å². The van der Waals surface area contributed by atoms with Crippen molar-refractivity contribution in [1.29, 1.82) is 0 Å². The number of carbonyl (C=O) groups is 1. The molecule has 0 atom stereocenters. The lowest BCUT2D eigenvalue weighted by Gasteiger charge is -2.06. The van der Waals surface area contributed by atoms with Gasteiger partial charge in [0.15, 0.2) is 0 Å². The Balaban J connectivity index is 1.45. The van der Waals surface area contributed by atoms with Gasteiger partial charge >= 0.3 is 5.97 Å². The Morgan fingerprint density at radius 3 is 2.69 bits per heavy atom. The van der Waals surface area contributed by atoms with E-state index < -0.39 is 5.97 Å². The average Bonchev–Trinajstić information content (AvgIpc) is 3.34. The molecule has 0 fully saturated rings. The summed E-state index contributed by atoms with van der Waals surface area (Å²) in [6, 6.07) is 19.1. The summed E-state index contributed by atoms with van der Waals surface area (Å²) in [7, 11) is 0. The number of aromatic nitrogens is 1.